The zero-order chi connectivity index (χ0) is 10.0. The zero-order valence-electron chi connectivity index (χ0n) is 7.54. The molecular weight excluding hydrogens is 190 g/mol. The first-order valence-electron chi connectivity index (χ1n) is 3.95. The van der Waals surface area contributed by atoms with Gasteiger partial charge in [0.1, 0.15) is 11.5 Å². The van der Waals surface area contributed by atoms with E-state index < -0.39 is 0 Å². The number of hydrogen-bond donors (Lipinski definition) is 2. The molecule has 1 aromatic carbocycles. The summed E-state index contributed by atoms with van der Waals surface area (Å²) in [6.45, 7) is 3.76. The Bertz CT molecular complexity index is 313. The molecule has 0 aliphatic heterocycles. The molecule has 3 nitrogen and oxygen atoms in total. The molecule has 0 heterocycles. The van der Waals surface area contributed by atoms with Crippen molar-refractivity contribution in [2.45, 2.75) is 20.0 Å². The smallest absolute Gasteiger partial charge is 0.142 e. The van der Waals surface area contributed by atoms with Crippen LogP contribution >= 0.6 is 11.6 Å². The molecule has 0 atom stereocenters. The lowest BCUT2D eigenvalue weighted by atomic mass is 10.3. The van der Waals surface area contributed by atoms with E-state index in [-0.39, 0.29) is 17.5 Å². The summed E-state index contributed by atoms with van der Waals surface area (Å²) in [7, 11) is 0. The SMILES string of the molecule is CC(C)Oc1cc(O)c(N)cc1Cl. The summed E-state index contributed by atoms with van der Waals surface area (Å²) >= 11 is 5.83. The Morgan fingerprint density at radius 1 is 1.46 bits per heavy atom. The molecule has 3 N–H and O–H groups in total. The minimum Gasteiger partial charge on any atom is -0.506 e. The summed E-state index contributed by atoms with van der Waals surface area (Å²) in [5.41, 5.74) is 5.68. The summed E-state index contributed by atoms with van der Waals surface area (Å²) in [6, 6.07) is 2.88. The lowest BCUT2D eigenvalue weighted by Crippen LogP contribution is -2.06. The van der Waals surface area contributed by atoms with Crippen LogP contribution in [0, 0.1) is 0 Å². The Hall–Kier alpha value is -1.09. The summed E-state index contributed by atoms with van der Waals surface area (Å²) < 4.78 is 5.33. The number of phenolic OH excluding ortho intramolecular Hbond substituents is 1. The Balaban J connectivity index is 3.01. The fraction of sp³-hybridized carbons (Fsp3) is 0.333. The monoisotopic (exact) mass is 201 g/mol. The second-order valence-electron chi connectivity index (χ2n) is 3.01. The number of ether oxygens (including phenoxy) is 1. The zero-order valence-corrected chi connectivity index (χ0v) is 8.30. The van der Waals surface area contributed by atoms with Crippen LogP contribution in [0.25, 0.3) is 0 Å². The Labute approximate surface area is 82.1 Å². The Morgan fingerprint density at radius 2 is 2.08 bits per heavy atom. The molecule has 0 saturated carbocycles. The lowest BCUT2D eigenvalue weighted by molar-refractivity contribution is 0.241. The maximum Gasteiger partial charge on any atom is 0.142 e. The van der Waals surface area contributed by atoms with Crippen LogP contribution in [0.4, 0.5) is 5.69 Å². The van der Waals surface area contributed by atoms with Crippen LogP contribution in [-0.2, 0) is 0 Å². The van der Waals surface area contributed by atoms with E-state index in [1.54, 1.807) is 0 Å². The highest BCUT2D eigenvalue weighted by Gasteiger charge is 2.07. The molecule has 0 saturated heterocycles. The van der Waals surface area contributed by atoms with Gasteiger partial charge in [0, 0.05) is 6.07 Å². The van der Waals surface area contributed by atoms with Crippen LogP contribution in [0.2, 0.25) is 5.02 Å². The van der Waals surface area contributed by atoms with Gasteiger partial charge in [0.05, 0.1) is 16.8 Å². The highest BCUT2D eigenvalue weighted by Crippen LogP contribution is 2.33. The number of rotatable bonds is 2. The van der Waals surface area contributed by atoms with Gasteiger partial charge in [-0.3, -0.25) is 0 Å². The maximum absolute atomic E-state index is 9.27. The number of aromatic hydroxyl groups is 1. The quantitative estimate of drug-likeness (QED) is 0.571. The van der Waals surface area contributed by atoms with Crippen LogP contribution in [0.5, 0.6) is 11.5 Å². The second-order valence-corrected chi connectivity index (χ2v) is 3.42. The van der Waals surface area contributed by atoms with Gasteiger partial charge >= 0.3 is 0 Å². The molecule has 13 heavy (non-hydrogen) atoms. The van der Waals surface area contributed by atoms with Crippen molar-refractivity contribution in [2.75, 3.05) is 5.73 Å². The van der Waals surface area contributed by atoms with Gasteiger partial charge in [-0.2, -0.15) is 0 Å². The fourth-order valence-electron chi connectivity index (χ4n) is 0.902. The van der Waals surface area contributed by atoms with Crippen LogP contribution < -0.4 is 10.5 Å². The molecule has 0 amide bonds. The van der Waals surface area contributed by atoms with Gasteiger partial charge in [-0.05, 0) is 19.9 Å². The predicted molar refractivity (Wildman–Crippen MR) is 53.3 cm³/mol. The van der Waals surface area contributed by atoms with Crippen LogP contribution in [-0.4, -0.2) is 11.2 Å². The highest BCUT2D eigenvalue weighted by atomic mass is 35.5. The molecule has 0 aliphatic rings. The minimum atomic E-state index is -0.0138. The highest BCUT2D eigenvalue weighted by molar-refractivity contribution is 6.32. The Morgan fingerprint density at radius 3 is 2.62 bits per heavy atom. The van der Waals surface area contributed by atoms with Crippen molar-refractivity contribution in [3.05, 3.63) is 17.2 Å². The molecule has 0 fully saturated rings. The number of phenols is 1. The van der Waals surface area contributed by atoms with E-state index in [4.69, 9.17) is 22.1 Å². The number of nitrogen functional groups attached to an aromatic ring is 1. The largest absolute Gasteiger partial charge is 0.506 e. The van der Waals surface area contributed by atoms with E-state index in [9.17, 15) is 5.11 Å². The van der Waals surface area contributed by atoms with Crippen molar-refractivity contribution in [1.82, 2.24) is 0 Å². The molecular formula is C9H12ClNO2. The van der Waals surface area contributed by atoms with E-state index in [1.807, 2.05) is 13.8 Å². The van der Waals surface area contributed by atoms with Gasteiger partial charge in [0.25, 0.3) is 0 Å². The van der Waals surface area contributed by atoms with Crippen LogP contribution in [0.1, 0.15) is 13.8 Å². The molecule has 0 spiro atoms. The topological polar surface area (TPSA) is 55.5 Å². The van der Waals surface area contributed by atoms with E-state index in [1.165, 1.54) is 12.1 Å². The van der Waals surface area contributed by atoms with Gasteiger partial charge in [-0.25, -0.2) is 0 Å². The first-order chi connectivity index (χ1) is 6.00. The molecule has 0 unspecified atom stereocenters. The molecule has 0 bridgehead atoms. The molecule has 1 aromatic rings. The second kappa shape index (κ2) is 3.75. The third-order valence-electron chi connectivity index (χ3n) is 1.44. The number of anilines is 1. The normalized spacial score (nSPS) is 10.5. The molecule has 0 aliphatic carbocycles. The van der Waals surface area contributed by atoms with E-state index in [2.05, 4.69) is 0 Å². The predicted octanol–water partition coefficient (Wildman–Crippen LogP) is 2.42. The maximum atomic E-state index is 9.27. The van der Waals surface area contributed by atoms with Crippen molar-refractivity contribution in [2.24, 2.45) is 0 Å². The molecule has 1 rings (SSSR count). The first kappa shape index (κ1) is 9.99. The molecule has 0 radical (unpaired) electrons. The number of halogens is 1. The van der Waals surface area contributed by atoms with Gasteiger partial charge in [-0.1, -0.05) is 11.6 Å². The van der Waals surface area contributed by atoms with Crippen LogP contribution in [0.15, 0.2) is 12.1 Å². The molecule has 72 valence electrons. The average molecular weight is 202 g/mol. The van der Waals surface area contributed by atoms with Gasteiger partial charge in [0.2, 0.25) is 0 Å². The van der Waals surface area contributed by atoms with E-state index in [0.717, 1.165) is 0 Å². The number of nitrogens with two attached hydrogens (primary N) is 1. The van der Waals surface area contributed by atoms with Crippen molar-refractivity contribution < 1.29 is 9.84 Å². The van der Waals surface area contributed by atoms with Crippen molar-refractivity contribution >= 4 is 17.3 Å². The molecule has 4 heteroatoms. The fourth-order valence-corrected chi connectivity index (χ4v) is 1.12. The third kappa shape index (κ3) is 2.42. The van der Waals surface area contributed by atoms with Crippen molar-refractivity contribution in [1.29, 1.82) is 0 Å². The number of hydrogen-bond acceptors (Lipinski definition) is 3. The number of benzene rings is 1. The summed E-state index contributed by atoms with van der Waals surface area (Å²) in [5, 5.41) is 9.68. The van der Waals surface area contributed by atoms with Gasteiger partial charge in [0.15, 0.2) is 0 Å². The molecule has 0 aromatic heterocycles. The standard InChI is InChI=1S/C9H12ClNO2/c1-5(2)13-9-4-8(12)7(11)3-6(9)10/h3-5,12H,11H2,1-2H3. The third-order valence-corrected chi connectivity index (χ3v) is 1.74. The van der Waals surface area contributed by atoms with Crippen molar-refractivity contribution in [3.8, 4) is 11.5 Å². The Kier molecular flexibility index (Phi) is 2.88. The van der Waals surface area contributed by atoms with E-state index in [0.29, 0.717) is 10.8 Å². The minimum absolute atomic E-state index is 0.0138. The van der Waals surface area contributed by atoms with E-state index >= 15 is 0 Å². The summed E-state index contributed by atoms with van der Waals surface area (Å²) in [6.07, 6.45) is 0.0144. The summed E-state index contributed by atoms with van der Waals surface area (Å²) in [5.74, 6) is 0.434. The first-order valence-corrected chi connectivity index (χ1v) is 4.33. The lowest BCUT2D eigenvalue weighted by Gasteiger charge is -2.12. The average Bonchev–Trinajstić information content (AvgIpc) is 1.99. The van der Waals surface area contributed by atoms with Gasteiger partial charge < -0.3 is 15.6 Å². The summed E-state index contributed by atoms with van der Waals surface area (Å²) in [4.78, 5) is 0. The van der Waals surface area contributed by atoms with Crippen molar-refractivity contribution in [3.63, 3.8) is 0 Å². The van der Waals surface area contributed by atoms with Gasteiger partial charge in [-0.15, -0.1) is 0 Å². The van der Waals surface area contributed by atoms with Crippen LogP contribution in [0.3, 0.4) is 0 Å².